The zero-order valence-corrected chi connectivity index (χ0v) is 13.8. The number of nitrogens with one attached hydrogen (secondary N) is 1. The van der Waals surface area contributed by atoms with Crippen molar-refractivity contribution >= 4 is 5.91 Å². The Kier molecular flexibility index (Phi) is 4.20. The molecule has 0 radical (unpaired) electrons. The second kappa shape index (κ2) is 6.14. The molecule has 1 aromatic carbocycles. The van der Waals surface area contributed by atoms with Crippen molar-refractivity contribution in [1.82, 2.24) is 14.9 Å². The number of aryl methyl sites for hydroxylation is 1. The zero-order chi connectivity index (χ0) is 16.6. The number of H-pyrrole nitrogens is 1. The minimum Gasteiger partial charge on any atom is -0.345 e. The van der Waals surface area contributed by atoms with Gasteiger partial charge in [0.15, 0.2) is 0 Å². The van der Waals surface area contributed by atoms with Crippen molar-refractivity contribution in [1.29, 1.82) is 0 Å². The van der Waals surface area contributed by atoms with E-state index < -0.39 is 0 Å². The normalized spacial score (nSPS) is 18.2. The van der Waals surface area contributed by atoms with E-state index in [1.165, 1.54) is 12.1 Å². The topological polar surface area (TPSA) is 49.0 Å². The maximum Gasteiger partial charge on any atom is 0.223 e. The molecule has 1 saturated heterocycles. The zero-order valence-electron chi connectivity index (χ0n) is 13.8. The highest BCUT2D eigenvalue weighted by Crippen LogP contribution is 2.30. The van der Waals surface area contributed by atoms with Gasteiger partial charge in [-0.2, -0.15) is 0 Å². The molecule has 1 atom stereocenters. The standard InChI is InChI=1S/C18H22FN3O/c1-11(2)9-22-10-14(8-16(22)23)18-20-12(3)17(21-18)13-4-6-15(19)7-5-13/h4-7,11,14H,8-10H2,1-3H3,(H,20,21)/t14-/m1/s1. The second-order valence-corrected chi connectivity index (χ2v) is 6.70. The van der Waals surface area contributed by atoms with Gasteiger partial charge in [0.2, 0.25) is 5.91 Å². The average Bonchev–Trinajstić information content (AvgIpc) is 3.03. The number of halogens is 1. The van der Waals surface area contributed by atoms with E-state index in [9.17, 15) is 9.18 Å². The molecule has 23 heavy (non-hydrogen) atoms. The van der Waals surface area contributed by atoms with Crippen molar-refractivity contribution in [2.75, 3.05) is 13.1 Å². The summed E-state index contributed by atoms with van der Waals surface area (Å²) in [4.78, 5) is 22.0. The van der Waals surface area contributed by atoms with Gasteiger partial charge in [-0.3, -0.25) is 4.79 Å². The molecule has 5 heteroatoms. The number of likely N-dealkylation sites (tertiary alicyclic amines) is 1. The van der Waals surface area contributed by atoms with Crippen molar-refractivity contribution in [3.63, 3.8) is 0 Å². The Morgan fingerprint density at radius 1 is 1.35 bits per heavy atom. The second-order valence-electron chi connectivity index (χ2n) is 6.70. The van der Waals surface area contributed by atoms with Gasteiger partial charge in [0.25, 0.3) is 0 Å². The van der Waals surface area contributed by atoms with Gasteiger partial charge in [0.05, 0.1) is 5.69 Å². The minimum absolute atomic E-state index is 0.106. The maximum absolute atomic E-state index is 13.1. The first-order chi connectivity index (χ1) is 10.9. The Morgan fingerprint density at radius 3 is 2.70 bits per heavy atom. The van der Waals surface area contributed by atoms with Crippen LogP contribution in [0.4, 0.5) is 4.39 Å². The minimum atomic E-state index is -0.257. The third-order valence-corrected chi connectivity index (χ3v) is 4.21. The van der Waals surface area contributed by atoms with Gasteiger partial charge in [0, 0.05) is 36.7 Å². The fraction of sp³-hybridized carbons (Fsp3) is 0.444. The third-order valence-electron chi connectivity index (χ3n) is 4.21. The van der Waals surface area contributed by atoms with Crippen molar-refractivity contribution in [2.24, 2.45) is 5.92 Å². The first-order valence-corrected chi connectivity index (χ1v) is 8.04. The Labute approximate surface area is 135 Å². The first kappa shape index (κ1) is 15.7. The Balaban J connectivity index is 1.81. The molecule has 122 valence electrons. The summed E-state index contributed by atoms with van der Waals surface area (Å²) in [5.41, 5.74) is 2.66. The van der Waals surface area contributed by atoms with Crippen molar-refractivity contribution in [3.8, 4) is 11.3 Å². The number of amides is 1. The summed E-state index contributed by atoms with van der Waals surface area (Å²) in [5.74, 6) is 1.36. The van der Waals surface area contributed by atoms with Gasteiger partial charge >= 0.3 is 0 Å². The van der Waals surface area contributed by atoms with Crippen molar-refractivity contribution in [2.45, 2.75) is 33.1 Å². The summed E-state index contributed by atoms with van der Waals surface area (Å²) < 4.78 is 13.1. The van der Waals surface area contributed by atoms with Crippen molar-refractivity contribution < 1.29 is 9.18 Å². The van der Waals surface area contributed by atoms with Crippen LogP contribution in [0.1, 0.15) is 37.7 Å². The van der Waals surface area contributed by atoms with E-state index in [1.54, 1.807) is 12.1 Å². The van der Waals surface area contributed by atoms with Gasteiger partial charge in [-0.15, -0.1) is 0 Å². The SMILES string of the molecule is Cc1[nH]c([C@@H]2CC(=O)N(CC(C)C)C2)nc1-c1ccc(F)cc1. The predicted octanol–water partition coefficient (Wildman–Crippen LogP) is 3.50. The molecule has 3 rings (SSSR count). The molecule has 1 aliphatic rings. The number of rotatable bonds is 4. The van der Waals surface area contributed by atoms with Gasteiger partial charge in [-0.1, -0.05) is 13.8 Å². The highest BCUT2D eigenvalue weighted by Gasteiger charge is 2.33. The molecular formula is C18H22FN3O. The largest absolute Gasteiger partial charge is 0.345 e. The number of benzene rings is 1. The number of hydrogen-bond acceptors (Lipinski definition) is 2. The van der Waals surface area contributed by atoms with Crippen LogP contribution in [-0.4, -0.2) is 33.9 Å². The van der Waals surface area contributed by atoms with E-state index in [0.717, 1.165) is 29.3 Å². The molecule has 4 nitrogen and oxygen atoms in total. The van der Waals surface area contributed by atoms with Crippen LogP contribution in [0.15, 0.2) is 24.3 Å². The lowest BCUT2D eigenvalue weighted by Gasteiger charge is -2.18. The van der Waals surface area contributed by atoms with Crippen molar-refractivity contribution in [3.05, 3.63) is 41.6 Å². The van der Waals surface area contributed by atoms with Crippen LogP contribution in [0.25, 0.3) is 11.3 Å². The maximum atomic E-state index is 13.1. The Bertz CT molecular complexity index is 706. The van der Waals surface area contributed by atoms with Crippen LogP contribution in [0.5, 0.6) is 0 Å². The highest BCUT2D eigenvalue weighted by atomic mass is 19.1. The molecule has 0 unspecified atom stereocenters. The Hall–Kier alpha value is -2.17. The van der Waals surface area contributed by atoms with Gasteiger partial charge in [0.1, 0.15) is 11.6 Å². The smallest absolute Gasteiger partial charge is 0.223 e. The first-order valence-electron chi connectivity index (χ1n) is 8.04. The van der Waals surface area contributed by atoms with Crippen LogP contribution in [0.2, 0.25) is 0 Å². The molecule has 1 amide bonds. The molecule has 1 aliphatic heterocycles. The fourth-order valence-electron chi connectivity index (χ4n) is 3.14. The molecule has 0 saturated carbocycles. The van der Waals surface area contributed by atoms with Gasteiger partial charge in [-0.05, 0) is 37.1 Å². The lowest BCUT2D eigenvalue weighted by atomic mass is 10.1. The summed E-state index contributed by atoms with van der Waals surface area (Å²) in [6.07, 6.45) is 0.503. The number of aromatic nitrogens is 2. The fourth-order valence-corrected chi connectivity index (χ4v) is 3.14. The van der Waals surface area contributed by atoms with E-state index >= 15 is 0 Å². The lowest BCUT2D eigenvalue weighted by molar-refractivity contribution is -0.128. The summed E-state index contributed by atoms with van der Waals surface area (Å²) in [7, 11) is 0. The van der Waals surface area contributed by atoms with Gasteiger partial charge in [-0.25, -0.2) is 9.37 Å². The van der Waals surface area contributed by atoms with Gasteiger partial charge < -0.3 is 9.88 Å². The van der Waals surface area contributed by atoms with E-state index in [-0.39, 0.29) is 17.6 Å². The predicted molar refractivity (Wildman–Crippen MR) is 87.5 cm³/mol. The molecule has 2 heterocycles. The summed E-state index contributed by atoms with van der Waals surface area (Å²) in [6, 6.07) is 6.33. The van der Waals surface area contributed by atoms with Crippen LogP contribution in [0.3, 0.4) is 0 Å². The quantitative estimate of drug-likeness (QED) is 0.939. The van der Waals surface area contributed by atoms with Crippen LogP contribution in [0, 0.1) is 18.7 Å². The molecule has 1 N–H and O–H groups in total. The Morgan fingerprint density at radius 2 is 2.04 bits per heavy atom. The molecule has 1 fully saturated rings. The number of hydrogen-bond donors (Lipinski definition) is 1. The number of imidazole rings is 1. The van der Waals surface area contributed by atoms with E-state index in [0.29, 0.717) is 18.9 Å². The number of nitrogens with zero attached hydrogens (tertiary/aromatic N) is 2. The van der Waals surface area contributed by atoms with E-state index in [2.05, 4.69) is 23.8 Å². The third kappa shape index (κ3) is 3.28. The number of carbonyl (C=O) groups is 1. The summed E-state index contributed by atoms with van der Waals surface area (Å²) >= 11 is 0. The van der Waals surface area contributed by atoms with E-state index in [1.807, 2.05) is 11.8 Å². The molecule has 2 aromatic rings. The highest BCUT2D eigenvalue weighted by molar-refractivity contribution is 5.79. The molecule has 1 aromatic heterocycles. The molecule has 0 aliphatic carbocycles. The average molecular weight is 315 g/mol. The monoisotopic (exact) mass is 315 g/mol. The summed E-state index contributed by atoms with van der Waals surface area (Å²) in [6.45, 7) is 7.69. The van der Waals surface area contributed by atoms with Crippen LogP contribution >= 0.6 is 0 Å². The number of aromatic amines is 1. The molecule has 0 bridgehead atoms. The van der Waals surface area contributed by atoms with E-state index in [4.69, 9.17) is 0 Å². The van der Waals surface area contributed by atoms with Crippen LogP contribution < -0.4 is 0 Å². The molecule has 0 spiro atoms. The van der Waals surface area contributed by atoms with Crippen LogP contribution in [-0.2, 0) is 4.79 Å². The molecular weight excluding hydrogens is 293 g/mol. The number of carbonyl (C=O) groups excluding carboxylic acids is 1. The summed E-state index contributed by atoms with van der Waals surface area (Å²) in [5, 5.41) is 0. The lowest BCUT2D eigenvalue weighted by Crippen LogP contribution is -2.29.